The molecule has 148 valence electrons. The van der Waals surface area contributed by atoms with Crippen molar-refractivity contribution in [1.82, 2.24) is 10.2 Å². The molecule has 0 amide bonds. The minimum Gasteiger partial charge on any atom is -0.259 e. The van der Waals surface area contributed by atoms with E-state index in [1.807, 2.05) is 72.8 Å². The first-order chi connectivity index (χ1) is 14.7. The molecule has 30 heavy (non-hydrogen) atoms. The van der Waals surface area contributed by atoms with Gasteiger partial charge in [-0.2, -0.15) is 10.2 Å². The Bertz CT molecular complexity index is 1110. The van der Waals surface area contributed by atoms with Crippen molar-refractivity contribution in [2.75, 3.05) is 10.9 Å². The molecule has 0 aliphatic heterocycles. The van der Waals surface area contributed by atoms with Gasteiger partial charge in [-0.25, -0.2) is 0 Å². The average Bonchev–Trinajstić information content (AvgIpc) is 2.77. The summed E-state index contributed by atoms with van der Waals surface area (Å²) in [5.41, 5.74) is 7.73. The average molecular weight is 435 g/mol. The number of fused-ring (bicyclic) bond motifs is 1. The van der Waals surface area contributed by atoms with E-state index in [0.717, 1.165) is 21.9 Å². The molecule has 0 radical (unpaired) electrons. The summed E-state index contributed by atoms with van der Waals surface area (Å²) in [6.07, 6.45) is 3.38. The molecule has 0 bridgehead atoms. The maximum absolute atomic E-state index is 5.90. The molecule has 0 aliphatic carbocycles. The van der Waals surface area contributed by atoms with Crippen molar-refractivity contribution < 1.29 is 0 Å². The lowest BCUT2D eigenvalue weighted by Gasteiger charge is -2.08. The number of hydrogen-bond donors (Lipinski definition) is 2. The molecule has 0 aliphatic rings. The van der Waals surface area contributed by atoms with Gasteiger partial charge in [-0.1, -0.05) is 71.7 Å². The van der Waals surface area contributed by atoms with Crippen molar-refractivity contribution in [2.24, 2.45) is 10.2 Å². The Morgan fingerprint density at radius 3 is 1.40 bits per heavy atom. The Morgan fingerprint density at radius 2 is 1.00 bits per heavy atom. The van der Waals surface area contributed by atoms with Gasteiger partial charge in [0.15, 0.2) is 11.6 Å². The standard InChI is InChI=1S/C22H16Cl2N6/c23-17-9-5-15(6-10-17)13-25-27-21-19-3-1-2-4-20(19)22(30-29-21)28-26-14-16-7-11-18(24)12-8-16/h1-14H,(H,27,29)(H,28,30). The smallest absolute Gasteiger partial charge is 0.176 e. The number of hydrogen-bond acceptors (Lipinski definition) is 6. The van der Waals surface area contributed by atoms with Crippen molar-refractivity contribution in [2.45, 2.75) is 0 Å². The van der Waals surface area contributed by atoms with Crippen LogP contribution in [0.15, 0.2) is 83.0 Å². The molecular weight excluding hydrogens is 419 g/mol. The first kappa shape index (κ1) is 19.8. The van der Waals surface area contributed by atoms with Crippen LogP contribution >= 0.6 is 23.2 Å². The van der Waals surface area contributed by atoms with Gasteiger partial charge >= 0.3 is 0 Å². The maximum atomic E-state index is 5.90. The van der Waals surface area contributed by atoms with Crippen LogP contribution in [0.4, 0.5) is 11.6 Å². The van der Waals surface area contributed by atoms with Gasteiger partial charge in [0, 0.05) is 20.8 Å². The zero-order valence-corrected chi connectivity index (χ0v) is 17.1. The van der Waals surface area contributed by atoms with Gasteiger partial charge in [0.1, 0.15) is 0 Å². The van der Waals surface area contributed by atoms with Crippen molar-refractivity contribution in [1.29, 1.82) is 0 Å². The Balaban J connectivity index is 1.52. The van der Waals surface area contributed by atoms with Gasteiger partial charge in [-0.15, -0.1) is 10.2 Å². The second-order valence-electron chi connectivity index (χ2n) is 6.29. The molecule has 0 saturated carbocycles. The lowest BCUT2D eigenvalue weighted by molar-refractivity contribution is 1.03. The Morgan fingerprint density at radius 1 is 0.600 bits per heavy atom. The molecule has 3 aromatic carbocycles. The molecule has 4 aromatic rings. The van der Waals surface area contributed by atoms with Crippen molar-refractivity contribution in [3.05, 3.63) is 94.0 Å². The molecule has 0 atom stereocenters. The van der Waals surface area contributed by atoms with Crippen molar-refractivity contribution in [3.8, 4) is 0 Å². The fourth-order valence-corrected chi connectivity index (χ4v) is 2.95. The predicted octanol–water partition coefficient (Wildman–Crippen LogP) is 5.83. The van der Waals surface area contributed by atoms with E-state index in [-0.39, 0.29) is 0 Å². The summed E-state index contributed by atoms with van der Waals surface area (Å²) in [5, 5.41) is 20.1. The molecule has 8 heteroatoms. The van der Waals surface area contributed by atoms with Crippen LogP contribution in [-0.4, -0.2) is 22.6 Å². The molecule has 0 fully saturated rings. The summed E-state index contributed by atoms with van der Waals surface area (Å²) in [7, 11) is 0. The quantitative estimate of drug-likeness (QED) is 0.295. The van der Waals surface area contributed by atoms with Crippen molar-refractivity contribution >= 4 is 58.0 Å². The van der Waals surface area contributed by atoms with E-state index in [1.54, 1.807) is 12.4 Å². The van der Waals surface area contributed by atoms with Gasteiger partial charge in [-0.05, 0) is 35.4 Å². The molecule has 0 spiro atoms. The molecule has 0 saturated heterocycles. The Labute approximate surface area is 183 Å². The number of benzene rings is 3. The maximum Gasteiger partial charge on any atom is 0.176 e. The molecule has 2 N–H and O–H groups in total. The number of rotatable bonds is 6. The second-order valence-corrected chi connectivity index (χ2v) is 7.16. The van der Waals surface area contributed by atoms with Crippen LogP contribution < -0.4 is 10.9 Å². The highest BCUT2D eigenvalue weighted by atomic mass is 35.5. The van der Waals surface area contributed by atoms with Gasteiger partial charge in [-0.3, -0.25) is 10.9 Å². The van der Waals surface area contributed by atoms with E-state index in [0.29, 0.717) is 21.7 Å². The Kier molecular flexibility index (Phi) is 6.17. The second kappa shape index (κ2) is 9.35. The fourth-order valence-electron chi connectivity index (χ4n) is 2.70. The van der Waals surface area contributed by atoms with Gasteiger partial charge in [0.2, 0.25) is 0 Å². The highest BCUT2D eigenvalue weighted by Crippen LogP contribution is 2.26. The highest BCUT2D eigenvalue weighted by Gasteiger charge is 2.07. The zero-order chi connectivity index (χ0) is 20.8. The molecular formula is C22H16Cl2N6. The molecule has 4 rings (SSSR count). The van der Waals surface area contributed by atoms with Crippen LogP contribution in [0.1, 0.15) is 11.1 Å². The third-order valence-corrected chi connectivity index (χ3v) is 4.70. The molecule has 1 heterocycles. The van der Waals surface area contributed by atoms with Gasteiger partial charge in [0.05, 0.1) is 12.4 Å². The SMILES string of the molecule is Clc1ccc(C=NNc2nnc(NN=Cc3ccc(Cl)cc3)c3ccccc23)cc1. The molecule has 1 aromatic heterocycles. The number of aromatic nitrogens is 2. The third kappa shape index (κ3) is 4.92. The minimum absolute atomic E-state index is 0.544. The van der Waals surface area contributed by atoms with E-state index < -0.39 is 0 Å². The summed E-state index contributed by atoms with van der Waals surface area (Å²) < 4.78 is 0. The topological polar surface area (TPSA) is 74.6 Å². The van der Waals surface area contributed by atoms with Crippen LogP contribution in [0.5, 0.6) is 0 Å². The van der Waals surface area contributed by atoms with Gasteiger partial charge in [0.25, 0.3) is 0 Å². The highest BCUT2D eigenvalue weighted by molar-refractivity contribution is 6.30. The number of halogens is 2. The number of anilines is 2. The summed E-state index contributed by atoms with van der Waals surface area (Å²) in [6, 6.07) is 22.5. The van der Waals surface area contributed by atoms with Crippen LogP contribution in [-0.2, 0) is 0 Å². The summed E-state index contributed by atoms with van der Waals surface area (Å²) in [6.45, 7) is 0. The van der Waals surface area contributed by atoms with E-state index in [9.17, 15) is 0 Å². The normalized spacial score (nSPS) is 11.4. The van der Waals surface area contributed by atoms with Crippen LogP contribution in [0, 0.1) is 0 Å². The number of hydrazone groups is 2. The third-order valence-electron chi connectivity index (χ3n) is 4.20. The lowest BCUT2D eigenvalue weighted by atomic mass is 10.2. The van der Waals surface area contributed by atoms with E-state index >= 15 is 0 Å². The van der Waals surface area contributed by atoms with Crippen molar-refractivity contribution in [3.63, 3.8) is 0 Å². The molecule has 6 nitrogen and oxygen atoms in total. The van der Waals surface area contributed by atoms with Crippen LogP contribution in [0.3, 0.4) is 0 Å². The largest absolute Gasteiger partial charge is 0.259 e. The monoisotopic (exact) mass is 434 g/mol. The van der Waals surface area contributed by atoms with Crippen LogP contribution in [0.2, 0.25) is 10.0 Å². The first-order valence-electron chi connectivity index (χ1n) is 9.04. The fraction of sp³-hybridized carbons (Fsp3) is 0. The Hall–Kier alpha value is -3.48. The first-order valence-corrected chi connectivity index (χ1v) is 9.79. The molecule has 0 unspecified atom stereocenters. The van der Waals surface area contributed by atoms with E-state index in [4.69, 9.17) is 23.2 Å². The summed E-state index contributed by atoms with van der Waals surface area (Å²) >= 11 is 11.8. The minimum atomic E-state index is 0.544. The van der Waals surface area contributed by atoms with Gasteiger partial charge < -0.3 is 0 Å². The van der Waals surface area contributed by atoms with E-state index in [2.05, 4.69) is 31.3 Å². The number of nitrogens with zero attached hydrogens (tertiary/aromatic N) is 4. The summed E-state index contributed by atoms with van der Waals surface area (Å²) in [4.78, 5) is 0. The summed E-state index contributed by atoms with van der Waals surface area (Å²) in [5.74, 6) is 1.09. The van der Waals surface area contributed by atoms with Crippen LogP contribution in [0.25, 0.3) is 10.8 Å². The number of nitrogens with one attached hydrogen (secondary N) is 2. The predicted molar refractivity (Wildman–Crippen MR) is 125 cm³/mol. The van der Waals surface area contributed by atoms with E-state index in [1.165, 1.54) is 0 Å². The lowest BCUT2D eigenvalue weighted by Crippen LogP contribution is -2.01. The zero-order valence-electron chi connectivity index (χ0n) is 15.6.